The minimum absolute atomic E-state index is 0.133. The lowest BCUT2D eigenvalue weighted by atomic mass is 10.3. The Morgan fingerprint density at radius 2 is 1.93 bits per heavy atom. The summed E-state index contributed by atoms with van der Waals surface area (Å²) in [5.41, 5.74) is 0.559. The summed E-state index contributed by atoms with van der Waals surface area (Å²) in [6.45, 7) is 0. The number of aromatic nitrogens is 2. The molecule has 4 rings (SSSR count). The molecular formula is C20H15N3O4S. The van der Waals surface area contributed by atoms with Crippen LogP contribution in [0.1, 0.15) is 10.5 Å². The van der Waals surface area contributed by atoms with E-state index in [4.69, 9.17) is 9.47 Å². The first-order chi connectivity index (χ1) is 13.6. The fraction of sp³-hybridized carbons (Fsp3) is 0.0500. The minimum atomic E-state index is -0.573. The molecule has 7 nitrogen and oxygen atoms in total. The first-order valence-electron chi connectivity index (χ1n) is 8.31. The molecule has 140 valence electrons. The Kier molecular flexibility index (Phi) is 4.77. The molecule has 8 heteroatoms. The molecular weight excluding hydrogens is 378 g/mol. The number of nitrogens with zero attached hydrogens (tertiary/aromatic N) is 2. The molecule has 1 amide bonds. The van der Waals surface area contributed by atoms with Gasteiger partial charge in [0.05, 0.1) is 17.3 Å². The monoisotopic (exact) mass is 393 g/mol. The molecule has 0 bridgehead atoms. The average Bonchev–Trinajstić information content (AvgIpc) is 3.10. The van der Waals surface area contributed by atoms with Crippen LogP contribution in [-0.2, 0) is 0 Å². The topological polar surface area (TPSA) is 93.6 Å². The number of ether oxygens (including phenoxy) is 2. The van der Waals surface area contributed by atoms with Crippen molar-refractivity contribution in [1.29, 1.82) is 0 Å². The molecule has 2 aromatic carbocycles. The van der Waals surface area contributed by atoms with Crippen molar-refractivity contribution in [2.45, 2.75) is 0 Å². The first-order valence-corrected chi connectivity index (χ1v) is 9.12. The maximum absolute atomic E-state index is 12.4. The smallest absolute Gasteiger partial charge is 0.280 e. The Balaban J connectivity index is 1.56. The van der Waals surface area contributed by atoms with E-state index in [1.807, 2.05) is 42.5 Å². The number of carbonyl (C=O) groups is 1. The lowest BCUT2D eigenvalue weighted by Crippen LogP contribution is -2.13. The molecule has 0 saturated heterocycles. The zero-order valence-corrected chi connectivity index (χ0v) is 15.6. The molecule has 0 radical (unpaired) electrons. The fourth-order valence-corrected chi connectivity index (χ4v) is 3.41. The molecule has 0 aliphatic carbocycles. The Morgan fingerprint density at radius 3 is 2.71 bits per heavy atom. The Morgan fingerprint density at radius 1 is 1.11 bits per heavy atom. The number of rotatable bonds is 5. The van der Waals surface area contributed by atoms with Gasteiger partial charge in [0, 0.05) is 18.3 Å². The fourth-order valence-electron chi connectivity index (χ4n) is 2.57. The lowest BCUT2D eigenvalue weighted by molar-refractivity contribution is 0.101. The van der Waals surface area contributed by atoms with Crippen LogP contribution in [0.15, 0.2) is 60.8 Å². The third kappa shape index (κ3) is 3.58. The van der Waals surface area contributed by atoms with Crippen molar-refractivity contribution in [3.63, 3.8) is 0 Å². The molecule has 2 aromatic heterocycles. The van der Waals surface area contributed by atoms with Gasteiger partial charge in [0.2, 0.25) is 0 Å². The number of anilines is 1. The third-order valence-corrected chi connectivity index (χ3v) is 4.83. The molecule has 2 heterocycles. The van der Waals surface area contributed by atoms with Crippen molar-refractivity contribution < 1.29 is 19.4 Å². The Labute approximate surface area is 164 Å². The van der Waals surface area contributed by atoms with Gasteiger partial charge in [-0.15, -0.1) is 0 Å². The number of carbonyl (C=O) groups excluding carboxylic acids is 1. The highest BCUT2D eigenvalue weighted by atomic mass is 32.1. The largest absolute Gasteiger partial charge is 0.503 e. The molecule has 2 N–H and O–H groups in total. The van der Waals surface area contributed by atoms with Crippen molar-refractivity contribution in [3.05, 3.63) is 66.5 Å². The third-order valence-electron chi connectivity index (χ3n) is 3.88. The number of para-hydroxylation sites is 1. The minimum Gasteiger partial charge on any atom is -0.503 e. The number of thiazole rings is 1. The van der Waals surface area contributed by atoms with Gasteiger partial charge in [0.25, 0.3) is 5.91 Å². The molecule has 0 fully saturated rings. The highest BCUT2D eigenvalue weighted by molar-refractivity contribution is 7.22. The van der Waals surface area contributed by atoms with E-state index < -0.39 is 5.91 Å². The number of aromatic hydroxyl groups is 1. The second kappa shape index (κ2) is 7.53. The van der Waals surface area contributed by atoms with E-state index in [1.165, 1.54) is 30.7 Å². The van der Waals surface area contributed by atoms with E-state index >= 15 is 0 Å². The summed E-state index contributed by atoms with van der Waals surface area (Å²) in [6.07, 6.45) is 1.39. The van der Waals surface area contributed by atoms with Gasteiger partial charge < -0.3 is 14.6 Å². The zero-order chi connectivity index (χ0) is 19.5. The molecule has 28 heavy (non-hydrogen) atoms. The van der Waals surface area contributed by atoms with E-state index in [9.17, 15) is 9.90 Å². The van der Waals surface area contributed by atoms with Crippen LogP contribution in [0.4, 0.5) is 5.13 Å². The van der Waals surface area contributed by atoms with Crippen molar-refractivity contribution >= 4 is 32.6 Å². The van der Waals surface area contributed by atoms with Crippen LogP contribution in [0, 0.1) is 0 Å². The lowest BCUT2D eigenvalue weighted by Gasteiger charge is -2.06. The van der Waals surface area contributed by atoms with Gasteiger partial charge in [0.1, 0.15) is 11.5 Å². The van der Waals surface area contributed by atoms with E-state index in [0.29, 0.717) is 16.4 Å². The van der Waals surface area contributed by atoms with E-state index in [0.717, 1.165) is 10.4 Å². The molecule has 0 aliphatic heterocycles. The van der Waals surface area contributed by atoms with Gasteiger partial charge >= 0.3 is 0 Å². The Bertz CT molecular complexity index is 1140. The van der Waals surface area contributed by atoms with Crippen molar-refractivity contribution in [3.8, 4) is 23.0 Å². The SMILES string of the molecule is COc1ccnc(C(=O)Nc2nc3cc(Oc4ccccc4)ccc3s2)c1O. The quantitative estimate of drug-likeness (QED) is 0.520. The number of benzene rings is 2. The highest BCUT2D eigenvalue weighted by Gasteiger charge is 2.18. The molecule has 0 saturated carbocycles. The normalized spacial score (nSPS) is 10.6. The van der Waals surface area contributed by atoms with Gasteiger partial charge in [-0.25, -0.2) is 9.97 Å². The molecule has 0 aliphatic rings. The number of hydrogen-bond acceptors (Lipinski definition) is 7. The van der Waals surface area contributed by atoms with Gasteiger partial charge in [-0.3, -0.25) is 10.1 Å². The molecule has 0 spiro atoms. The van der Waals surface area contributed by atoms with Crippen LogP contribution in [0.25, 0.3) is 10.2 Å². The number of nitrogens with one attached hydrogen (secondary N) is 1. The summed E-state index contributed by atoms with van der Waals surface area (Å²) in [7, 11) is 1.40. The number of pyridine rings is 1. The summed E-state index contributed by atoms with van der Waals surface area (Å²) in [4.78, 5) is 20.8. The summed E-state index contributed by atoms with van der Waals surface area (Å²) in [5, 5.41) is 13.1. The molecule has 0 unspecified atom stereocenters. The van der Waals surface area contributed by atoms with Crippen LogP contribution < -0.4 is 14.8 Å². The van der Waals surface area contributed by atoms with Crippen molar-refractivity contribution in [2.75, 3.05) is 12.4 Å². The van der Waals surface area contributed by atoms with E-state index in [-0.39, 0.29) is 17.2 Å². The van der Waals surface area contributed by atoms with Crippen molar-refractivity contribution in [1.82, 2.24) is 9.97 Å². The maximum Gasteiger partial charge on any atom is 0.280 e. The average molecular weight is 393 g/mol. The summed E-state index contributed by atoms with van der Waals surface area (Å²) >= 11 is 1.31. The number of methoxy groups -OCH3 is 1. The predicted molar refractivity (Wildman–Crippen MR) is 107 cm³/mol. The van der Waals surface area contributed by atoms with Crippen molar-refractivity contribution in [2.24, 2.45) is 0 Å². The number of amides is 1. The number of fused-ring (bicyclic) bond motifs is 1. The maximum atomic E-state index is 12.4. The van der Waals surface area contributed by atoms with Gasteiger partial charge in [-0.05, 0) is 24.3 Å². The van der Waals surface area contributed by atoms with Crippen LogP contribution in [0.5, 0.6) is 23.0 Å². The van der Waals surface area contributed by atoms with Crippen LogP contribution in [-0.4, -0.2) is 28.1 Å². The van der Waals surface area contributed by atoms with Crippen LogP contribution >= 0.6 is 11.3 Å². The second-order valence-electron chi connectivity index (χ2n) is 5.73. The predicted octanol–water partition coefficient (Wildman–Crippen LogP) is 4.45. The number of hydrogen-bond donors (Lipinski definition) is 2. The van der Waals surface area contributed by atoms with Gasteiger partial charge in [0.15, 0.2) is 22.3 Å². The molecule has 0 atom stereocenters. The van der Waals surface area contributed by atoms with Gasteiger partial charge in [-0.1, -0.05) is 29.5 Å². The zero-order valence-electron chi connectivity index (χ0n) is 14.7. The summed E-state index contributed by atoms with van der Waals surface area (Å²) in [5.74, 6) is 0.657. The van der Waals surface area contributed by atoms with Gasteiger partial charge in [-0.2, -0.15) is 0 Å². The second-order valence-corrected chi connectivity index (χ2v) is 6.76. The summed E-state index contributed by atoms with van der Waals surface area (Å²) < 4.78 is 11.7. The Hall–Kier alpha value is -3.65. The molecule has 4 aromatic rings. The standard InChI is InChI=1S/C20H15N3O4S/c1-26-15-9-10-21-17(18(15)24)19(25)23-20-22-14-11-13(7-8-16(14)28-20)27-12-5-3-2-4-6-12/h2-11,24H,1H3,(H,22,23,25). The first kappa shape index (κ1) is 17.7. The van der Waals surface area contributed by atoms with E-state index in [2.05, 4.69) is 15.3 Å². The van der Waals surface area contributed by atoms with E-state index in [1.54, 1.807) is 6.07 Å². The van der Waals surface area contributed by atoms with Crippen LogP contribution in [0.3, 0.4) is 0 Å². The van der Waals surface area contributed by atoms with Crippen LogP contribution in [0.2, 0.25) is 0 Å². The highest BCUT2D eigenvalue weighted by Crippen LogP contribution is 2.32. The summed E-state index contributed by atoms with van der Waals surface area (Å²) in [6, 6.07) is 16.4.